The maximum absolute atomic E-state index is 12.2. The van der Waals surface area contributed by atoms with Gasteiger partial charge in [-0.2, -0.15) is 0 Å². The number of rotatable bonds is 2. The molecule has 0 atom stereocenters. The Balaban J connectivity index is 3.41. The molecule has 0 aliphatic rings. The molecule has 0 aliphatic heterocycles. The Kier molecular flexibility index (Phi) is 3.13. The summed E-state index contributed by atoms with van der Waals surface area (Å²) in [6.07, 6.45) is -2.26. The van der Waals surface area contributed by atoms with Crippen molar-refractivity contribution in [2.24, 2.45) is 0 Å². The standard InChI is InChI=1S/C6H3F2IN2O3/c7-6(8)4-3(9)5(11(13)14)2(12)1-10-4/h1,6,12H. The van der Waals surface area contributed by atoms with E-state index in [1.54, 1.807) is 0 Å². The molecule has 0 unspecified atom stereocenters. The fourth-order valence-electron chi connectivity index (χ4n) is 0.808. The van der Waals surface area contributed by atoms with E-state index in [-0.39, 0.29) is 3.57 Å². The quantitative estimate of drug-likeness (QED) is 0.516. The minimum Gasteiger partial charge on any atom is -0.501 e. The predicted molar refractivity (Wildman–Crippen MR) is 50.2 cm³/mol. The van der Waals surface area contributed by atoms with Crippen molar-refractivity contribution in [3.05, 3.63) is 25.6 Å². The second kappa shape index (κ2) is 3.98. The summed E-state index contributed by atoms with van der Waals surface area (Å²) in [5.74, 6) is -0.719. The van der Waals surface area contributed by atoms with E-state index in [1.165, 1.54) is 22.6 Å². The lowest BCUT2D eigenvalue weighted by atomic mass is 10.3. The molecule has 8 heteroatoms. The van der Waals surface area contributed by atoms with Crippen molar-refractivity contribution in [1.82, 2.24) is 4.98 Å². The molecule has 0 radical (unpaired) electrons. The normalized spacial score (nSPS) is 10.6. The molecule has 76 valence electrons. The zero-order chi connectivity index (χ0) is 10.9. The summed E-state index contributed by atoms with van der Waals surface area (Å²) in [4.78, 5) is 12.7. The highest BCUT2D eigenvalue weighted by atomic mass is 127. The number of alkyl halides is 2. The van der Waals surface area contributed by atoms with E-state index in [2.05, 4.69) is 4.98 Å². The van der Waals surface area contributed by atoms with Crippen LogP contribution in [0.2, 0.25) is 0 Å². The van der Waals surface area contributed by atoms with Crippen LogP contribution in [0.15, 0.2) is 6.20 Å². The fourth-order valence-corrected chi connectivity index (χ4v) is 1.66. The Labute approximate surface area is 90.1 Å². The summed E-state index contributed by atoms with van der Waals surface area (Å²) in [5.41, 5.74) is -1.44. The van der Waals surface area contributed by atoms with Crippen LogP contribution in [0, 0.1) is 13.7 Å². The monoisotopic (exact) mass is 316 g/mol. The van der Waals surface area contributed by atoms with Crippen LogP contribution in [0.4, 0.5) is 14.5 Å². The average molecular weight is 316 g/mol. The highest BCUT2D eigenvalue weighted by molar-refractivity contribution is 14.1. The second-order valence-electron chi connectivity index (χ2n) is 2.25. The van der Waals surface area contributed by atoms with Crippen molar-refractivity contribution in [3.63, 3.8) is 0 Å². The van der Waals surface area contributed by atoms with Crippen LogP contribution in [0.1, 0.15) is 12.1 Å². The van der Waals surface area contributed by atoms with Gasteiger partial charge in [0.15, 0.2) is 0 Å². The van der Waals surface area contributed by atoms with E-state index < -0.39 is 28.5 Å². The van der Waals surface area contributed by atoms with Crippen LogP contribution in [-0.4, -0.2) is 15.0 Å². The number of hydrogen-bond acceptors (Lipinski definition) is 4. The minimum atomic E-state index is -2.90. The molecule has 0 aromatic carbocycles. The van der Waals surface area contributed by atoms with E-state index in [1.807, 2.05) is 0 Å². The van der Waals surface area contributed by atoms with Crippen molar-refractivity contribution in [3.8, 4) is 5.75 Å². The summed E-state index contributed by atoms with van der Waals surface area (Å²) < 4.78 is 24.1. The molecular formula is C6H3F2IN2O3. The third kappa shape index (κ3) is 1.89. The van der Waals surface area contributed by atoms with Crippen LogP contribution in [-0.2, 0) is 0 Å². The molecule has 0 amide bonds. The topological polar surface area (TPSA) is 76.3 Å². The van der Waals surface area contributed by atoms with E-state index in [0.29, 0.717) is 6.20 Å². The van der Waals surface area contributed by atoms with Crippen LogP contribution < -0.4 is 0 Å². The smallest absolute Gasteiger partial charge is 0.327 e. The van der Waals surface area contributed by atoms with Gasteiger partial charge in [-0.3, -0.25) is 10.1 Å². The third-order valence-corrected chi connectivity index (χ3v) is 2.45. The van der Waals surface area contributed by atoms with Gasteiger partial charge in [0.1, 0.15) is 9.26 Å². The van der Waals surface area contributed by atoms with Gasteiger partial charge in [0.05, 0.1) is 11.1 Å². The second-order valence-corrected chi connectivity index (χ2v) is 3.33. The third-order valence-electron chi connectivity index (χ3n) is 1.39. The molecule has 0 spiro atoms. The SMILES string of the molecule is O=[N+]([O-])c1c(O)cnc(C(F)F)c1I. The first kappa shape index (κ1) is 11.0. The molecule has 14 heavy (non-hydrogen) atoms. The first-order chi connectivity index (χ1) is 6.45. The summed E-state index contributed by atoms with van der Waals surface area (Å²) in [6, 6.07) is 0. The molecule has 0 aliphatic carbocycles. The molecule has 1 heterocycles. The summed E-state index contributed by atoms with van der Waals surface area (Å²) >= 11 is 1.35. The maximum atomic E-state index is 12.2. The first-order valence-corrected chi connectivity index (χ1v) is 4.33. The lowest BCUT2D eigenvalue weighted by Crippen LogP contribution is -2.00. The van der Waals surface area contributed by atoms with Gasteiger partial charge >= 0.3 is 5.69 Å². The average Bonchev–Trinajstić information content (AvgIpc) is 2.02. The van der Waals surface area contributed by atoms with E-state index in [4.69, 9.17) is 5.11 Å². The van der Waals surface area contributed by atoms with Crippen molar-refractivity contribution in [2.75, 3.05) is 0 Å². The molecule has 0 saturated carbocycles. The van der Waals surface area contributed by atoms with Crippen molar-refractivity contribution < 1.29 is 18.8 Å². The van der Waals surface area contributed by atoms with Gasteiger partial charge in [-0.15, -0.1) is 0 Å². The first-order valence-electron chi connectivity index (χ1n) is 3.25. The van der Waals surface area contributed by atoms with Gasteiger partial charge in [0.25, 0.3) is 6.43 Å². The van der Waals surface area contributed by atoms with Gasteiger partial charge in [0.2, 0.25) is 5.75 Å². The van der Waals surface area contributed by atoms with Gasteiger partial charge < -0.3 is 5.11 Å². The number of aromatic hydroxyl groups is 1. The molecule has 0 fully saturated rings. The van der Waals surface area contributed by atoms with Gasteiger partial charge in [0, 0.05) is 0 Å². The lowest BCUT2D eigenvalue weighted by Gasteiger charge is -2.03. The van der Waals surface area contributed by atoms with E-state index in [0.717, 1.165) is 0 Å². The van der Waals surface area contributed by atoms with Crippen molar-refractivity contribution in [2.45, 2.75) is 6.43 Å². The Bertz CT molecular complexity index is 386. The predicted octanol–water partition coefficient (Wildman–Crippen LogP) is 2.24. The Morgan fingerprint density at radius 2 is 2.21 bits per heavy atom. The summed E-state index contributed by atoms with van der Waals surface area (Å²) in [6.45, 7) is 0. The number of pyridine rings is 1. The van der Waals surface area contributed by atoms with Crippen LogP contribution >= 0.6 is 22.6 Å². The summed E-state index contributed by atoms with van der Waals surface area (Å²) in [7, 11) is 0. The minimum absolute atomic E-state index is 0.345. The zero-order valence-electron chi connectivity index (χ0n) is 6.45. The summed E-state index contributed by atoms with van der Waals surface area (Å²) in [5, 5.41) is 19.4. The number of hydrogen-bond donors (Lipinski definition) is 1. The fraction of sp³-hybridized carbons (Fsp3) is 0.167. The highest BCUT2D eigenvalue weighted by Crippen LogP contribution is 2.35. The Morgan fingerprint density at radius 3 is 2.64 bits per heavy atom. The molecule has 0 saturated heterocycles. The molecule has 1 aromatic heterocycles. The van der Waals surface area contributed by atoms with E-state index in [9.17, 15) is 18.9 Å². The van der Waals surface area contributed by atoms with Crippen LogP contribution in [0.25, 0.3) is 0 Å². The highest BCUT2D eigenvalue weighted by Gasteiger charge is 2.26. The van der Waals surface area contributed by atoms with Crippen molar-refractivity contribution >= 4 is 28.3 Å². The van der Waals surface area contributed by atoms with E-state index >= 15 is 0 Å². The van der Waals surface area contributed by atoms with Crippen LogP contribution in [0.3, 0.4) is 0 Å². The molecule has 1 aromatic rings. The van der Waals surface area contributed by atoms with Gasteiger partial charge in [-0.1, -0.05) is 0 Å². The van der Waals surface area contributed by atoms with Crippen molar-refractivity contribution in [1.29, 1.82) is 0 Å². The van der Waals surface area contributed by atoms with Gasteiger partial charge in [-0.25, -0.2) is 13.8 Å². The Morgan fingerprint density at radius 1 is 1.64 bits per heavy atom. The molecule has 5 nitrogen and oxygen atoms in total. The molecular weight excluding hydrogens is 313 g/mol. The van der Waals surface area contributed by atoms with Crippen LogP contribution in [0.5, 0.6) is 5.75 Å². The lowest BCUT2D eigenvalue weighted by molar-refractivity contribution is -0.387. The molecule has 0 bridgehead atoms. The number of halogens is 3. The molecule has 1 rings (SSSR count). The number of nitrogens with zero attached hydrogens (tertiary/aromatic N) is 2. The maximum Gasteiger partial charge on any atom is 0.327 e. The number of nitro groups is 1. The Hall–Kier alpha value is -1.06. The number of aromatic nitrogens is 1. The largest absolute Gasteiger partial charge is 0.501 e. The zero-order valence-corrected chi connectivity index (χ0v) is 8.60. The van der Waals surface area contributed by atoms with Gasteiger partial charge in [-0.05, 0) is 22.6 Å². The molecule has 1 N–H and O–H groups in total.